The minimum atomic E-state index is -1.91. The predicted molar refractivity (Wildman–Crippen MR) is 173 cm³/mol. The molecule has 0 spiro atoms. The molecule has 4 heterocycles. The highest BCUT2D eigenvalue weighted by Gasteiger charge is 2.52. The first-order chi connectivity index (χ1) is 25.2. The van der Waals surface area contributed by atoms with Crippen molar-refractivity contribution in [3.8, 4) is 17.2 Å². The molecule has 53 heavy (non-hydrogen) atoms. The van der Waals surface area contributed by atoms with Crippen LogP contribution in [0.3, 0.4) is 0 Å². The molecule has 0 radical (unpaired) electrons. The van der Waals surface area contributed by atoms with E-state index in [-0.39, 0.29) is 22.3 Å². The second-order valence-electron chi connectivity index (χ2n) is 13.0. The zero-order valence-corrected chi connectivity index (χ0v) is 28.2. The van der Waals surface area contributed by atoms with E-state index in [0.29, 0.717) is 16.5 Å². The van der Waals surface area contributed by atoms with E-state index >= 15 is 0 Å². The number of aromatic hydroxyl groups is 1. The number of benzene rings is 2. The van der Waals surface area contributed by atoms with Crippen molar-refractivity contribution in [2.75, 3.05) is 26.9 Å². The van der Waals surface area contributed by atoms with E-state index in [2.05, 4.69) is 0 Å². The standard InChI is InChI=1S/C33H42O20/c1-10-3-11-4-12-5-13(46-2)6-14(18(12)23(39)19(11)30(45)48-10)49-32-26(42)25(41)21(37)17(52-32)9-47-31-28(44)29(22(38)16(8-35)50-31)53-33-27(43)24(40)20(36)15(7-34)51-33/h3-6,15-17,20-22,24-29,31-44H,7-9H2,1-2H3. The molecule has 3 aromatic rings. The van der Waals surface area contributed by atoms with Crippen molar-refractivity contribution < 1.29 is 93.7 Å². The second kappa shape index (κ2) is 15.8. The zero-order valence-electron chi connectivity index (χ0n) is 28.2. The Morgan fingerprint density at radius 1 is 0.660 bits per heavy atom. The summed E-state index contributed by atoms with van der Waals surface area (Å²) >= 11 is 0. The molecule has 0 bridgehead atoms. The van der Waals surface area contributed by atoms with Crippen LogP contribution in [0.4, 0.5) is 0 Å². The highest BCUT2D eigenvalue weighted by atomic mass is 16.7. The summed E-state index contributed by atoms with van der Waals surface area (Å²) in [5.41, 5.74) is -0.824. The van der Waals surface area contributed by atoms with Gasteiger partial charge >= 0.3 is 5.63 Å². The molecular formula is C33H42O20. The first-order valence-corrected chi connectivity index (χ1v) is 16.5. The topological polar surface area (TPSA) is 317 Å². The lowest BCUT2D eigenvalue weighted by Gasteiger charge is -2.46. The van der Waals surface area contributed by atoms with Gasteiger partial charge in [0.1, 0.15) is 102 Å². The van der Waals surface area contributed by atoms with Gasteiger partial charge in [0.2, 0.25) is 6.29 Å². The summed E-state index contributed by atoms with van der Waals surface area (Å²) in [7, 11) is 1.37. The van der Waals surface area contributed by atoms with E-state index < -0.39 is 123 Å². The average molecular weight is 759 g/mol. The van der Waals surface area contributed by atoms with Crippen molar-refractivity contribution in [3.05, 3.63) is 40.4 Å². The molecule has 2 aromatic carbocycles. The zero-order chi connectivity index (χ0) is 38.5. The number of hydrogen-bond donors (Lipinski definition) is 11. The molecule has 3 aliphatic rings. The van der Waals surface area contributed by atoms with Crippen LogP contribution in [0.5, 0.6) is 17.2 Å². The molecule has 294 valence electrons. The molecule has 3 aliphatic heterocycles. The lowest BCUT2D eigenvalue weighted by Crippen LogP contribution is -2.65. The van der Waals surface area contributed by atoms with E-state index in [0.717, 1.165) is 0 Å². The van der Waals surface area contributed by atoms with Crippen molar-refractivity contribution >= 4 is 21.5 Å². The first-order valence-electron chi connectivity index (χ1n) is 16.5. The summed E-state index contributed by atoms with van der Waals surface area (Å²) in [4.78, 5) is 12.7. The maximum atomic E-state index is 12.7. The van der Waals surface area contributed by atoms with Gasteiger partial charge in [-0.2, -0.15) is 0 Å². The molecule has 20 nitrogen and oxygen atoms in total. The molecule has 15 unspecified atom stereocenters. The van der Waals surface area contributed by atoms with Crippen molar-refractivity contribution in [1.29, 1.82) is 0 Å². The van der Waals surface area contributed by atoms with Gasteiger partial charge in [0.15, 0.2) is 12.6 Å². The third-order valence-electron chi connectivity index (χ3n) is 9.53. The smallest absolute Gasteiger partial charge is 0.347 e. The quantitative estimate of drug-likeness (QED) is 0.0873. The molecular weight excluding hydrogens is 716 g/mol. The van der Waals surface area contributed by atoms with Gasteiger partial charge in [-0.15, -0.1) is 0 Å². The molecule has 0 amide bonds. The van der Waals surface area contributed by atoms with Gasteiger partial charge in [0, 0.05) is 6.07 Å². The van der Waals surface area contributed by atoms with Gasteiger partial charge in [0.05, 0.1) is 32.3 Å². The van der Waals surface area contributed by atoms with Gasteiger partial charge in [-0.25, -0.2) is 4.79 Å². The van der Waals surface area contributed by atoms with Crippen LogP contribution in [-0.4, -0.2) is 175 Å². The Balaban J connectivity index is 1.22. The maximum absolute atomic E-state index is 12.7. The van der Waals surface area contributed by atoms with Gasteiger partial charge in [-0.05, 0) is 35.9 Å². The van der Waals surface area contributed by atoms with Crippen LogP contribution in [0.1, 0.15) is 5.76 Å². The van der Waals surface area contributed by atoms with Gasteiger partial charge < -0.3 is 93.7 Å². The number of phenolic OH excluding ortho intramolecular Hbond substituents is 1. The third kappa shape index (κ3) is 7.42. The van der Waals surface area contributed by atoms with E-state index in [1.54, 1.807) is 25.1 Å². The lowest BCUT2D eigenvalue weighted by atomic mass is 9.97. The Kier molecular flexibility index (Phi) is 11.8. The first kappa shape index (κ1) is 39.4. The van der Waals surface area contributed by atoms with Crippen LogP contribution in [0, 0.1) is 6.92 Å². The SMILES string of the molecule is COc1cc(OC2OC(COC3OC(CO)C(O)C(OC4OC(CO)C(O)C(O)C4O)C3O)C(O)C(O)C2O)c2c(O)c3c(=O)oc(C)cc3cc2c1. The molecule has 11 N–H and O–H groups in total. The second-order valence-corrected chi connectivity index (χ2v) is 13.0. The number of phenols is 1. The molecule has 3 saturated heterocycles. The number of fused-ring (bicyclic) bond motifs is 2. The molecule has 0 saturated carbocycles. The summed E-state index contributed by atoms with van der Waals surface area (Å²) in [5.74, 6) is -0.142. The maximum Gasteiger partial charge on any atom is 0.347 e. The Labute approximate surface area is 299 Å². The number of methoxy groups -OCH3 is 1. The van der Waals surface area contributed by atoms with Crippen molar-refractivity contribution in [2.45, 2.75) is 99.0 Å². The normalized spacial score (nSPS) is 37.9. The highest BCUT2D eigenvalue weighted by molar-refractivity contribution is 6.07. The molecule has 15 atom stereocenters. The van der Waals surface area contributed by atoms with Crippen molar-refractivity contribution in [2.24, 2.45) is 0 Å². The van der Waals surface area contributed by atoms with E-state index in [1.165, 1.54) is 13.2 Å². The number of aliphatic hydroxyl groups excluding tert-OH is 10. The molecule has 3 fully saturated rings. The van der Waals surface area contributed by atoms with Crippen LogP contribution >= 0.6 is 0 Å². The van der Waals surface area contributed by atoms with Gasteiger partial charge in [-0.1, -0.05) is 0 Å². The third-order valence-corrected chi connectivity index (χ3v) is 9.53. The number of ether oxygens (including phenoxy) is 7. The molecule has 20 heteroatoms. The Hall–Kier alpha value is -3.29. The molecule has 6 rings (SSSR count). The number of hydrogen-bond acceptors (Lipinski definition) is 20. The molecule has 0 aliphatic carbocycles. The van der Waals surface area contributed by atoms with Crippen LogP contribution in [0.2, 0.25) is 0 Å². The van der Waals surface area contributed by atoms with Gasteiger partial charge in [0.25, 0.3) is 0 Å². The minimum Gasteiger partial charge on any atom is -0.506 e. The fraction of sp³-hybridized carbons (Fsp3) is 0.606. The van der Waals surface area contributed by atoms with Crippen LogP contribution in [-0.2, 0) is 23.7 Å². The monoisotopic (exact) mass is 758 g/mol. The van der Waals surface area contributed by atoms with Crippen molar-refractivity contribution in [3.63, 3.8) is 0 Å². The van der Waals surface area contributed by atoms with E-state index in [1.807, 2.05) is 0 Å². The molecule has 1 aromatic heterocycles. The summed E-state index contributed by atoms with van der Waals surface area (Å²) < 4.78 is 44.2. The average Bonchev–Trinajstić information content (AvgIpc) is 3.12. The Bertz CT molecular complexity index is 1800. The fourth-order valence-electron chi connectivity index (χ4n) is 6.62. The summed E-state index contributed by atoms with van der Waals surface area (Å²) in [6.07, 6.45) is -26.1. The summed E-state index contributed by atoms with van der Waals surface area (Å²) in [6, 6.07) is 6.01. The van der Waals surface area contributed by atoms with Crippen LogP contribution in [0.15, 0.2) is 33.5 Å². The Morgan fingerprint density at radius 3 is 1.91 bits per heavy atom. The van der Waals surface area contributed by atoms with Gasteiger partial charge in [-0.3, -0.25) is 0 Å². The fourth-order valence-corrected chi connectivity index (χ4v) is 6.62. The van der Waals surface area contributed by atoms with Crippen LogP contribution in [0.25, 0.3) is 21.5 Å². The lowest BCUT2D eigenvalue weighted by molar-refractivity contribution is -0.364. The predicted octanol–water partition coefficient (Wildman–Crippen LogP) is -4.20. The number of aliphatic hydroxyl groups is 10. The number of rotatable bonds is 10. The van der Waals surface area contributed by atoms with E-state index in [4.69, 9.17) is 37.6 Å². The largest absolute Gasteiger partial charge is 0.506 e. The summed E-state index contributed by atoms with van der Waals surface area (Å²) in [6.45, 7) is -0.741. The highest BCUT2D eigenvalue weighted by Crippen LogP contribution is 2.42. The Morgan fingerprint density at radius 2 is 1.25 bits per heavy atom. The van der Waals surface area contributed by atoms with E-state index in [9.17, 15) is 61.0 Å². The summed E-state index contributed by atoms with van der Waals surface area (Å²) in [5, 5.41) is 116. The minimum absolute atomic E-state index is 0.00330. The van der Waals surface area contributed by atoms with Crippen molar-refractivity contribution in [1.82, 2.24) is 0 Å². The van der Waals surface area contributed by atoms with Crippen LogP contribution < -0.4 is 15.1 Å². The number of aryl methyl sites for hydroxylation is 1.